The summed E-state index contributed by atoms with van der Waals surface area (Å²) in [7, 11) is 0. The summed E-state index contributed by atoms with van der Waals surface area (Å²) in [6, 6.07) is 0. The molecule has 0 bridgehead atoms. The van der Waals surface area contributed by atoms with Gasteiger partial charge < -0.3 is 0 Å². The highest BCUT2D eigenvalue weighted by Gasteiger charge is 2.72. The molecule has 0 aromatic carbocycles. The molecule has 4 aliphatic carbocycles. The van der Waals surface area contributed by atoms with Crippen LogP contribution in [0.4, 0.5) is 0 Å². The Morgan fingerprint density at radius 3 is 2.27 bits per heavy atom. The fourth-order valence-electron chi connectivity index (χ4n) is 4.43. The number of carbonyl (C=O) groups excluding carboxylic acids is 2. The number of Topliss-reactive ketones (excluding diaryl/α,β-unsaturated/α-hetero) is 1. The molecule has 0 unspecified atom stereocenters. The first-order chi connectivity index (χ1) is 7.20. The highest BCUT2D eigenvalue weighted by Crippen LogP contribution is 2.73. The minimum absolute atomic E-state index is 0.0448. The van der Waals surface area contributed by atoms with Gasteiger partial charge in [-0.2, -0.15) is 0 Å². The van der Waals surface area contributed by atoms with Crippen LogP contribution in [0.3, 0.4) is 0 Å². The van der Waals surface area contributed by atoms with Crippen LogP contribution in [0.1, 0.15) is 12.8 Å². The minimum Gasteiger partial charge on any atom is -0.294 e. The van der Waals surface area contributed by atoms with E-state index in [1.807, 2.05) is 0 Å². The number of rotatable bonds is 0. The molecule has 3 saturated carbocycles. The van der Waals surface area contributed by atoms with Crippen LogP contribution in [0.25, 0.3) is 0 Å². The molecule has 3 fully saturated rings. The molecule has 6 atom stereocenters. The van der Waals surface area contributed by atoms with Gasteiger partial charge in [-0.15, -0.1) is 0 Å². The van der Waals surface area contributed by atoms with Gasteiger partial charge in [0.1, 0.15) is 0 Å². The maximum Gasteiger partial charge on any atom is 0.174 e. The summed E-state index contributed by atoms with van der Waals surface area (Å²) in [5.74, 6) is 3.19. The van der Waals surface area contributed by atoms with Crippen LogP contribution in [0.2, 0.25) is 0 Å². The summed E-state index contributed by atoms with van der Waals surface area (Å²) in [5.41, 5.74) is 0. The van der Waals surface area contributed by atoms with E-state index in [9.17, 15) is 9.59 Å². The summed E-state index contributed by atoms with van der Waals surface area (Å²) in [5, 5.41) is 0. The van der Waals surface area contributed by atoms with Gasteiger partial charge in [0.2, 0.25) is 0 Å². The van der Waals surface area contributed by atoms with Gasteiger partial charge in [-0.25, -0.2) is 0 Å². The van der Waals surface area contributed by atoms with Crippen molar-refractivity contribution in [3.05, 3.63) is 10.6 Å². The lowest BCUT2D eigenvalue weighted by Gasteiger charge is -2.72. The predicted octanol–water partition coefficient (Wildman–Crippen LogP) is 1.94. The molecule has 0 saturated heterocycles. The van der Waals surface area contributed by atoms with E-state index in [0.717, 1.165) is 11.8 Å². The topological polar surface area (TPSA) is 34.1 Å². The largest absolute Gasteiger partial charge is 0.294 e. The Labute approximate surface area is 96.2 Å². The van der Waals surface area contributed by atoms with Crippen molar-refractivity contribution in [2.24, 2.45) is 35.5 Å². The zero-order valence-corrected chi connectivity index (χ0v) is 9.74. The smallest absolute Gasteiger partial charge is 0.174 e. The molecule has 4 aliphatic rings. The van der Waals surface area contributed by atoms with E-state index in [0.29, 0.717) is 16.3 Å². The van der Waals surface area contributed by atoms with Crippen molar-refractivity contribution >= 4 is 27.5 Å². The van der Waals surface area contributed by atoms with Gasteiger partial charge >= 0.3 is 0 Å². The van der Waals surface area contributed by atoms with E-state index in [1.165, 1.54) is 18.9 Å². The fraction of sp³-hybridized carbons (Fsp3) is 0.667. The third-order valence-electron chi connectivity index (χ3n) is 5.17. The van der Waals surface area contributed by atoms with Gasteiger partial charge in [-0.1, -0.05) is 0 Å². The van der Waals surface area contributed by atoms with Crippen molar-refractivity contribution in [2.45, 2.75) is 12.8 Å². The standard InChI is InChI=1S/C12H11BrO2/c13-6-3-7(14)10-8-4-1-2-5(4)9(8)11(10)12(6)15/h3-5,8-11H,1-2H2/t4-,5+,8+,9-,10-,11+/m0/s1. The Morgan fingerprint density at radius 2 is 1.67 bits per heavy atom. The minimum atomic E-state index is 0.0448. The van der Waals surface area contributed by atoms with E-state index in [2.05, 4.69) is 15.9 Å². The van der Waals surface area contributed by atoms with E-state index in [4.69, 9.17) is 0 Å². The highest BCUT2D eigenvalue weighted by molar-refractivity contribution is 9.12. The van der Waals surface area contributed by atoms with Crippen LogP contribution in [-0.2, 0) is 9.59 Å². The lowest BCUT2D eigenvalue weighted by Crippen LogP contribution is -2.72. The molecule has 0 N–H and O–H groups in total. The molecular formula is C12H11BrO2. The predicted molar refractivity (Wildman–Crippen MR) is 57.2 cm³/mol. The number of fused-ring (bicyclic) bond motifs is 7. The third-order valence-corrected chi connectivity index (χ3v) is 5.79. The average Bonchev–Trinajstić information content (AvgIpc) is 2.14. The van der Waals surface area contributed by atoms with Crippen LogP contribution in [-0.4, -0.2) is 11.6 Å². The monoisotopic (exact) mass is 266 g/mol. The zero-order valence-electron chi connectivity index (χ0n) is 8.15. The molecule has 78 valence electrons. The second kappa shape index (κ2) is 2.45. The Morgan fingerprint density at radius 1 is 1.07 bits per heavy atom. The Bertz CT molecular complexity index is 425. The molecule has 15 heavy (non-hydrogen) atoms. The van der Waals surface area contributed by atoms with Gasteiger partial charge in [0.25, 0.3) is 0 Å². The van der Waals surface area contributed by atoms with Gasteiger partial charge in [0, 0.05) is 11.8 Å². The van der Waals surface area contributed by atoms with Crippen molar-refractivity contribution in [1.82, 2.24) is 0 Å². The maximum absolute atomic E-state index is 11.9. The quantitative estimate of drug-likeness (QED) is 0.672. The normalized spacial score (nSPS) is 55.1. The van der Waals surface area contributed by atoms with Gasteiger partial charge in [0.15, 0.2) is 11.6 Å². The number of halogens is 1. The average molecular weight is 267 g/mol. The number of hydrogen-bond donors (Lipinski definition) is 0. The fourth-order valence-corrected chi connectivity index (χ4v) is 4.92. The van der Waals surface area contributed by atoms with E-state index < -0.39 is 0 Å². The van der Waals surface area contributed by atoms with Gasteiger partial charge in [-0.05, 0) is 58.5 Å². The van der Waals surface area contributed by atoms with E-state index in [1.54, 1.807) is 0 Å². The molecule has 0 radical (unpaired) electrons. The van der Waals surface area contributed by atoms with Crippen molar-refractivity contribution in [2.75, 3.05) is 0 Å². The first kappa shape index (κ1) is 8.68. The second-order valence-corrected chi connectivity index (χ2v) is 6.22. The summed E-state index contributed by atoms with van der Waals surface area (Å²) in [6.45, 7) is 0. The van der Waals surface area contributed by atoms with Crippen LogP contribution in [0.15, 0.2) is 10.6 Å². The molecule has 3 heteroatoms. The summed E-state index contributed by atoms with van der Waals surface area (Å²) in [6.07, 6.45) is 4.09. The summed E-state index contributed by atoms with van der Waals surface area (Å²) < 4.78 is 0.509. The van der Waals surface area contributed by atoms with Gasteiger partial charge in [0.05, 0.1) is 4.48 Å². The Kier molecular flexibility index (Phi) is 1.42. The second-order valence-electron chi connectivity index (χ2n) is 5.37. The summed E-state index contributed by atoms with van der Waals surface area (Å²) in [4.78, 5) is 23.8. The molecule has 0 aliphatic heterocycles. The lowest BCUT2D eigenvalue weighted by atomic mass is 9.31. The zero-order chi connectivity index (χ0) is 10.3. The van der Waals surface area contributed by atoms with Crippen molar-refractivity contribution in [3.63, 3.8) is 0 Å². The van der Waals surface area contributed by atoms with E-state index >= 15 is 0 Å². The van der Waals surface area contributed by atoms with Crippen LogP contribution < -0.4 is 0 Å². The molecular weight excluding hydrogens is 256 g/mol. The number of carbonyl (C=O) groups is 2. The van der Waals surface area contributed by atoms with Crippen molar-refractivity contribution in [3.8, 4) is 0 Å². The Hall–Kier alpha value is -0.440. The lowest BCUT2D eigenvalue weighted by molar-refractivity contribution is -0.237. The van der Waals surface area contributed by atoms with Crippen LogP contribution in [0.5, 0.6) is 0 Å². The molecule has 0 aromatic rings. The van der Waals surface area contributed by atoms with Crippen LogP contribution >= 0.6 is 15.9 Å². The summed E-state index contributed by atoms with van der Waals surface area (Å²) >= 11 is 3.21. The van der Waals surface area contributed by atoms with E-state index in [-0.39, 0.29) is 23.4 Å². The molecule has 0 heterocycles. The van der Waals surface area contributed by atoms with Crippen molar-refractivity contribution < 1.29 is 9.59 Å². The molecule has 4 rings (SSSR count). The first-order valence-corrected chi connectivity index (χ1v) is 6.44. The molecule has 0 amide bonds. The highest BCUT2D eigenvalue weighted by atomic mass is 79.9. The molecule has 0 aromatic heterocycles. The number of allylic oxidation sites excluding steroid dienone is 2. The number of ketones is 2. The SMILES string of the molecule is O=C1C=C(Br)C(=O)[C@H]2[C@@H]1[C@@H]1[C@H]3CC[C@H]3[C@H]21. The first-order valence-electron chi connectivity index (χ1n) is 5.65. The van der Waals surface area contributed by atoms with Crippen LogP contribution in [0, 0.1) is 35.5 Å². The maximum atomic E-state index is 11.9. The molecule has 0 spiro atoms. The third kappa shape index (κ3) is 0.768. The Balaban J connectivity index is 1.74. The molecule has 2 nitrogen and oxygen atoms in total. The van der Waals surface area contributed by atoms with Gasteiger partial charge in [-0.3, -0.25) is 9.59 Å². The van der Waals surface area contributed by atoms with Crippen molar-refractivity contribution in [1.29, 1.82) is 0 Å². The number of hydrogen-bond acceptors (Lipinski definition) is 2.